The van der Waals surface area contributed by atoms with E-state index in [-0.39, 0.29) is 23.6 Å². The van der Waals surface area contributed by atoms with Crippen LogP contribution in [0.1, 0.15) is 66.7 Å². The third-order valence-corrected chi connectivity index (χ3v) is 7.06. The van der Waals surface area contributed by atoms with Crippen LogP contribution in [0.4, 0.5) is 13.2 Å². The lowest BCUT2D eigenvalue weighted by molar-refractivity contribution is -0.135. The molecule has 1 amide bonds. The second kappa shape index (κ2) is 10.1. The molecule has 0 radical (unpaired) electrons. The Morgan fingerprint density at radius 1 is 1.13 bits per heavy atom. The number of halogens is 3. The maximum absolute atomic E-state index is 15.3. The number of amides is 1. The lowest BCUT2D eigenvalue weighted by atomic mass is 9.79. The standard InChI is InChI=1S/C28H26F3N3O4/c1-15(2)12-22(36)38-27-21(35)14-32-34-25(20-10-5-11-33(20)28(37)26(27)34)23(16-6-3-7-17(29)13-16)18-8-4-9-19(30)24(18)31/h3-4,6-9,13-15,20,23,25H,5,10-12H2,1-2H3/t20-,23-,25-/m1/s1. The molecule has 38 heavy (non-hydrogen) atoms. The van der Waals surface area contributed by atoms with E-state index in [0.717, 1.165) is 12.3 Å². The lowest BCUT2D eigenvalue weighted by Gasteiger charge is -2.42. The van der Waals surface area contributed by atoms with Crippen LogP contribution >= 0.6 is 0 Å². The zero-order valence-corrected chi connectivity index (χ0v) is 20.9. The van der Waals surface area contributed by atoms with E-state index in [2.05, 4.69) is 5.10 Å². The van der Waals surface area contributed by atoms with Crippen molar-refractivity contribution in [3.63, 3.8) is 0 Å². The zero-order chi connectivity index (χ0) is 27.1. The molecule has 0 saturated carbocycles. The topological polar surface area (TPSA) is 81.5 Å². The summed E-state index contributed by atoms with van der Waals surface area (Å²) in [5, 5.41) is 4.24. The molecule has 2 aliphatic rings. The van der Waals surface area contributed by atoms with E-state index in [1.54, 1.807) is 11.0 Å². The van der Waals surface area contributed by atoms with Gasteiger partial charge in [0.25, 0.3) is 5.91 Å². The first-order chi connectivity index (χ1) is 18.2. The summed E-state index contributed by atoms with van der Waals surface area (Å²) in [6, 6.07) is 7.93. The Labute approximate surface area is 216 Å². The highest BCUT2D eigenvalue weighted by Gasteiger charge is 2.49. The normalized spacial score (nSPS) is 19.3. The predicted octanol–water partition coefficient (Wildman–Crippen LogP) is 4.60. The Bertz CT molecular complexity index is 1470. The molecular weight excluding hydrogens is 499 g/mol. The van der Waals surface area contributed by atoms with E-state index in [1.807, 2.05) is 13.8 Å². The van der Waals surface area contributed by atoms with Gasteiger partial charge in [0.15, 0.2) is 17.3 Å². The van der Waals surface area contributed by atoms with Gasteiger partial charge in [0.1, 0.15) is 5.82 Å². The van der Waals surface area contributed by atoms with Crippen LogP contribution in [0.3, 0.4) is 0 Å². The molecule has 2 aliphatic heterocycles. The Kier molecular flexibility index (Phi) is 6.81. The Hall–Kier alpha value is -3.95. The van der Waals surface area contributed by atoms with Crippen LogP contribution in [-0.2, 0) is 4.79 Å². The highest BCUT2D eigenvalue weighted by atomic mass is 19.2. The molecule has 3 aromatic rings. The fourth-order valence-corrected chi connectivity index (χ4v) is 5.54. The third-order valence-electron chi connectivity index (χ3n) is 7.06. The molecule has 0 N–H and O–H groups in total. The molecule has 0 unspecified atom stereocenters. The van der Waals surface area contributed by atoms with Crippen molar-refractivity contribution in [3.8, 4) is 5.75 Å². The molecule has 2 aromatic carbocycles. The van der Waals surface area contributed by atoms with Crippen molar-refractivity contribution < 1.29 is 27.5 Å². The summed E-state index contributed by atoms with van der Waals surface area (Å²) in [6.45, 7) is 3.97. The number of aromatic nitrogens is 2. The van der Waals surface area contributed by atoms with Gasteiger partial charge >= 0.3 is 5.97 Å². The highest BCUT2D eigenvalue weighted by molar-refractivity contribution is 5.97. The number of hydrogen-bond acceptors (Lipinski definition) is 5. The van der Waals surface area contributed by atoms with Gasteiger partial charge in [0, 0.05) is 24.4 Å². The zero-order valence-electron chi connectivity index (χ0n) is 20.9. The van der Waals surface area contributed by atoms with Crippen molar-refractivity contribution in [2.45, 2.75) is 51.1 Å². The van der Waals surface area contributed by atoms with Crippen LogP contribution in [0, 0.1) is 23.4 Å². The van der Waals surface area contributed by atoms with Crippen molar-refractivity contribution >= 4 is 11.9 Å². The number of nitrogens with zero attached hydrogens (tertiary/aromatic N) is 3. The number of hydrogen-bond donors (Lipinski definition) is 0. The summed E-state index contributed by atoms with van der Waals surface area (Å²) in [5.74, 6) is -5.48. The average molecular weight is 526 g/mol. The molecule has 10 heteroatoms. The molecule has 7 nitrogen and oxygen atoms in total. The quantitative estimate of drug-likeness (QED) is 0.440. The van der Waals surface area contributed by atoms with Gasteiger partial charge < -0.3 is 9.64 Å². The van der Waals surface area contributed by atoms with Gasteiger partial charge in [-0.05, 0) is 42.5 Å². The average Bonchev–Trinajstić information content (AvgIpc) is 3.35. The summed E-state index contributed by atoms with van der Waals surface area (Å²) in [4.78, 5) is 40.5. The highest BCUT2D eigenvalue weighted by Crippen LogP contribution is 2.46. The van der Waals surface area contributed by atoms with Crippen molar-refractivity contribution in [1.82, 2.24) is 14.7 Å². The van der Waals surface area contributed by atoms with Crippen LogP contribution in [0.2, 0.25) is 0 Å². The summed E-state index contributed by atoms with van der Waals surface area (Å²) in [7, 11) is 0. The van der Waals surface area contributed by atoms with E-state index in [4.69, 9.17) is 4.74 Å². The summed E-state index contributed by atoms with van der Waals surface area (Å²) in [6.07, 6.45) is 2.10. The first-order valence-corrected chi connectivity index (χ1v) is 12.5. The Morgan fingerprint density at radius 3 is 2.63 bits per heavy atom. The van der Waals surface area contributed by atoms with Crippen molar-refractivity contribution in [3.05, 3.63) is 93.2 Å². The lowest BCUT2D eigenvalue weighted by Crippen LogP contribution is -2.51. The van der Waals surface area contributed by atoms with Gasteiger partial charge in [-0.25, -0.2) is 17.9 Å². The number of carbonyl (C=O) groups is 2. The molecule has 1 saturated heterocycles. The minimum Gasteiger partial charge on any atom is -0.420 e. The van der Waals surface area contributed by atoms with Crippen LogP contribution in [0.5, 0.6) is 5.75 Å². The van der Waals surface area contributed by atoms with Gasteiger partial charge in [-0.1, -0.05) is 38.1 Å². The maximum atomic E-state index is 15.3. The largest absolute Gasteiger partial charge is 0.420 e. The summed E-state index contributed by atoms with van der Waals surface area (Å²) in [5.41, 5.74) is -0.703. The van der Waals surface area contributed by atoms with Gasteiger partial charge in [0.05, 0.1) is 18.3 Å². The van der Waals surface area contributed by atoms with E-state index < -0.39 is 58.5 Å². The van der Waals surface area contributed by atoms with Crippen molar-refractivity contribution in [2.75, 3.05) is 6.54 Å². The van der Waals surface area contributed by atoms with E-state index in [1.165, 1.54) is 35.0 Å². The number of ether oxygens (including phenoxy) is 1. The molecule has 198 valence electrons. The fourth-order valence-electron chi connectivity index (χ4n) is 5.54. The van der Waals surface area contributed by atoms with Crippen molar-refractivity contribution in [1.29, 1.82) is 0 Å². The number of rotatable bonds is 6. The molecule has 1 aromatic heterocycles. The minimum absolute atomic E-state index is 0.0194. The molecule has 0 aliphatic carbocycles. The summed E-state index contributed by atoms with van der Waals surface area (Å²) < 4.78 is 50.9. The van der Waals surface area contributed by atoms with Crippen LogP contribution in [-0.4, -0.2) is 39.1 Å². The molecule has 1 fully saturated rings. The van der Waals surface area contributed by atoms with Crippen molar-refractivity contribution in [2.24, 2.45) is 5.92 Å². The second-order valence-corrected chi connectivity index (χ2v) is 10.1. The maximum Gasteiger partial charge on any atom is 0.311 e. The smallest absolute Gasteiger partial charge is 0.311 e. The third kappa shape index (κ3) is 4.48. The Balaban J connectivity index is 1.76. The molecule has 3 atom stereocenters. The molecular formula is C28H26F3N3O4. The molecule has 3 heterocycles. The summed E-state index contributed by atoms with van der Waals surface area (Å²) >= 11 is 0. The van der Waals surface area contributed by atoms with Crippen LogP contribution in [0.15, 0.2) is 53.5 Å². The predicted molar refractivity (Wildman–Crippen MR) is 131 cm³/mol. The molecule has 5 rings (SSSR count). The fraction of sp³-hybridized carbons (Fsp3) is 0.357. The number of esters is 1. The van der Waals surface area contributed by atoms with Crippen LogP contribution in [0.25, 0.3) is 0 Å². The van der Waals surface area contributed by atoms with Crippen LogP contribution < -0.4 is 10.2 Å². The van der Waals surface area contributed by atoms with E-state index in [0.29, 0.717) is 24.9 Å². The van der Waals surface area contributed by atoms with Gasteiger partial charge in [-0.2, -0.15) is 5.10 Å². The van der Waals surface area contributed by atoms with Gasteiger partial charge in [0.2, 0.25) is 11.2 Å². The van der Waals surface area contributed by atoms with Gasteiger partial charge in [-0.3, -0.25) is 14.4 Å². The number of benzene rings is 2. The molecule has 0 bridgehead atoms. The van der Waals surface area contributed by atoms with E-state index >= 15 is 4.39 Å². The number of carbonyl (C=O) groups excluding carboxylic acids is 2. The first kappa shape index (κ1) is 25.7. The number of fused-ring (bicyclic) bond motifs is 2. The molecule has 0 spiro atoms. The second-order valence-electron chi connectivity index (χ2n) is 10.1. The Morgan fingerprint density at radius 2 is 1.89 bits per heavy atom. The SMILES string of the molecule is CC(C)CC(=O)Oc1c2n(ncc1=O)[C@@H]([C@H](c1cccc(F)c1)c1cccc(F)c1F)[C@H]1CCCN1C2=O. The first-order valence-electron chi connectivity index (χ1n) is 12.5. The van der Waals surface area contributed by atoms with E-state index in [9.17, 15) is 23.2 Å². The van der Waals surface area contributed by atoms with Gasteiger partial charge in [-0.15, -0.1) is 0 Å². The minimum atomic E-state index is -1.10. The monoisotopic (exact) mass is 525 g/mol.